The van der Waals surface area contributed by atoms with Crippen molar-refractivity contribution in [2.45, 2.75) is 33.3 Å². The first-order valence-corrected chi connectivity index (χ1v) is 5.54. The first-order valence-electron chi connectivity index (χ1n) is 5.54. The minimum Gasteiger partial charge on any atom is -0.483 e. The molecule has 1 aliphatic heterocycles. The number of benzene rings is 1. The van der Waals surface area contributed by atoms with Crippen molar-refractivity contribution in [3.8, 4) is 5.75 Å². The van der Waals surface area contributed by atoms with E-state index in [0.717, 1.165) is 0 Å². The molecule has 0 amide bonds. The summed E-state index contributed by atoms with van der Waals surface area (Å²) in [5.41, 5.74) is 0.576. The van der Waals surface area contributed by atoms with Gasteiger partial charge in [-0.2, -0.15) is 0 Å². The Morgan fingerprint density at radius 1 is 1.41 bits per heavy atom. The summed E-state index contributed by atoms with van der Waals surface area (Å²) < 4.78 is 5.31. The zero-order valence-electron chi connectivity index (χ0n) is 10.1. The second kappa shape index (κ2) is 5.43. The Morgan fingerprint density at radius 3 is 2.65 bits per heavy atom. The van der Waals surface area contributed by atoms with Crippen LogP contribution in [0, 0.1) is 10.1 Å². The van der Waals surface area contributed by atoms with Crippen molar-refractivity contribution in [2.75, 3.05) is 0 Å². The molecule has 0 aliphatic carbocycles. The van der Waals surface area contributed by atoms with Gasteiger partial charge in [-0.05, 0) is 13.0 Å². The second-order valence-corrected chi connectivity index (χ2v) is 3.45. The molecule has 17 heavy (non-hydrogen) atoms. The standard InChI is InChI=1S/C10H9NO4.C2H6/c1-6-9(12)5-7-4-8(11(13)14)2-3-10(7)15-6;1-2/h2-4,6H,5H2,1H3;1-2H3. The molecule has 1 aromatic carbocycles. The van der Waals surface area contributed by atoms with Crippen molar-refractivity contribution >= 4 is 11.5 Å². The van der Waals surface area contributed by atoms with Crippen molar-refractivity contribution < 1.29 is 14.5 Å². The van der Waals surface area contributed by atoms with Gasteiger partial charge in [-0.1, -0.05) is 13.8 Å². The maximum atomic E-state index is 11.3. The maximum Gasteiger partial charge on any atom is 0.269 e. The van der Waals surface area contributed by atoms with E-state index in [1.54, 1.807) is 6.92 Å². The molecular formula is C12H15NO4. The van der Waals surface area contributed by atoms with Gasteiger partial charge in [0.15, 0.2) is 11.9 Å². The fraction of sp³-hybridized carbons (Fsp3) is 0.417. The van der Waals surface area contributed by atoms with E-state index >= 15 is 0 Å². The average Bonchev–Trinajstić information content (AvgIpc) is 2.32. The molecular weight excluding hydrogens is 222 g/mol. The number of ketones is 1. The number of nitro groups is 1. The molecule has 0 spiro atoms. The number of carbonyl (C=O) groups excluding carboxylic acids is 1. The number of non-ortho nitro benzene ring substituents is 1. The van der Waals surface area contributed by atoms with Gasteiger partial charge in [0.05, 0.1) is 4.92 Å². The molecule has 0 N–H and O–H groups in total. The van der Waals surface area contributed by atoms with Crippen molar-refractivity contribution in [1.82, 2.24) is 0 Å². The van der Waals surface area contributed by atoms with Crippen LogP contribution in [0.4, 0.5) is 5.69 Å². The number of hydrogen-bond donors (Lipinski definition) is 0. The number of fused-ring (bicyclic) bond motifs is 1. The zero-order valence-corrected chi connectivity index (χ0v) is 10.1. The van der Waals surface area contributed by atoms with E-state index in [2.05, 4.69) is 0 Å². The van der Waals surface area contributed by atoms with Crippen molar-refractivity contribution in [3.63, 3.8) is 0 Å². The van der Waals surface area contributed by atoms with Crippen LogP contribution in [0.1, 0.15) is 26.3 Å². The highest BCUT2D eigenvalue weighted by molar-refractivity contribution is 5.87. The highest BCUT2D eigenvalue weighted by Crippen LogP contribution is 2.29. The van der Waals surface area contributed by atoms with E-state index in [0.29, 0.717) is 11.3 Å². The highest BCUT2D eigenvalue weighted by atomic mass is 16.6. The van der Waals surface area contributed by atoms with Gasteiger partial charge in [-0.25, -0.2) is 0 Å². The fourth-order valence-electron chi connectivity index (χ4n) is 1.52. The predicted molar refractivity (Wildman–Crippen MR) is 63.2 cm³/mol. The molecule has 0 fully saturated rings. The average molecular weight is 237 g/mol. The number of carbonyl (C=O) groups is 1. The third kappa shape index (κ3) is 2.81. The minimum absolute atomic E-state index is 0.0142. The third-order valence-corrected chi connectivity index (χ3v) is 2.38. The van der Waals surface area contributed by atoms with Crippen LogP contribution in [0.2, 0.25) is 0 Å². The molecule has 1 aliphatic rings. The maximum absolute atomic E-state index is 11.3. The van der Waals surface area contributed by atoms with Crippen LogP contribution in [0.25, 0.3) is 0 Å². The predicted octanol–water partition coefficient (Wildman–Crippen LogP) is 2.51. The molecule has 1 atom stereocenters. The smallest absolute Gasteiger partial charge is 0.269 e. The molecule has 5 heteroatoms. The van der Waals surface area contributed by atoms with E-state index in [9.17, 15) is 14.9 Å². The number of hydrogen-bond acceptors (Lipinski definition) is 4. The Morgan fingerprint density at radius 2 is 2.06 bits per heavy atom. The number of nitro benzene ring substituents is 1. The van der Waals surface area contributed by atoms with Crippen LogP contribution in [0.3, 0.4) is 0 Å². The van der Waals surface area contributed by atoms with Gasteiger partial charge in [0.1, 0.15) is 5.75 Å². The lowest BCUT2D eigenvalue weighted by Crippen LogP contribution is -2.30. The van der Waals surface area contributed by atoms with E-state index in [1.165, 1.54) is 18.2 Å². The van der Waals surface area contributed by atoms with Crippen molar-refractivity contribution in [2.24, 2.45) is 0 Å². The Labute approximate surface area is 99.5 Å². The topological polar surface area (TPSA) is 69.4 Å². The molecule has 0 bridgehead atoms. The number of ether oxygens (including phenoxy) is 1. The molecule has 0 saturated carbocycles. The van der Waals surface area contributed by atoms with E-state index < -0.39 is 11.0 Å². The molecule has 0 aromatic heterocycles. The second-order valence-electron chi connectivity index (χ2n) is 3.45. The van der Waals surface area contributed by atoms with Crippen molar-refractivity contribution in [3.05, 3.63) is 33.9 Å². The van der Waals surface area contributed by atoms with Crippen LogP contribution in [-0.2, 0) is 11.2 Å². The first kappa shape index (κ1) is 13.2. The molecule has 0 saturated heterocycles. The van der Waals surface area contributed by atoms with Crippen LogP contribution in [-0.4, -0.2) is 16.8 Å². The lowest BCUT2D eigenvalue weighted by atomic mass is 10.0. The Hall–Kier alpha value is -1.91. The summed E-state index contributed by atoms with van der Waals surface area (Å²) in [4.78, 5) is 21.4. The van der Waals surface area contributed by atoms with Gasteiger partial charge < -0.3 is 4.74 Å². The van der Waals surface area contributed by atoms with E-state index in [1.807, 2.05) is 13.8 Å². The molecule has 5 nitrogen and oxygen atoms in total. The normalized spacial score (nSPS) is 17.4. The Kier molecular flexibility index (Phi) is 4.20. The molecule has 1 unspecified atom stereocenters. The first-order chi connectivity index (χ1) is 8.08. The summed E-state index contributed by atoms with van der Waals surface area (Å²) in [6.45, 7) is 5.67. The molecule has 1 heterocycles. The third-order valence-electron chi connectivity index (χ3n) is 2.38. The monoisotopic (exact) mass is 237 g/mol. The summed E-state index contributed by atoms with van der Waals surface area (Å²) in [5, 5.41) is 10.5. The fourth-order valence-corrected chi connectivity index (χ4v) is 1.52. The summed E-state index contributed by atoms with van der Waals surface area (Å²) in [6, 6.07) is 4.30. The van der Waals surface area contributed by atoms with Gasteiger partial charge in [0, 0.05) is 24.1 Å². The number of Topliss-reactive ketones (excluding diaryl/α,β-unsaturated/α-hetero) is 1. The van der Waals surface area contributed by atoms with Crippen LogP contribution in [0.15, 0.2) is 18.2 Å². The number of nitrogens with zero attached hydrogens (tertiary/aromatic N) is 1. The summed E-state index contributed by atoms with van der Waals surface area (Å²) >= 11 is 0. The van der Waals surface area contributed by atoms with Crippen LogP contribution < -0.4 is 4.74 Å². The van der Waals surface area contributed by atoms with Crippen molar-refractivity contribution in [1.29, 1.82) is 0 Å². The van der Waals surface area contributed by atoms with Gasteiger partial charge in [-0.3, -0.25) is 14.9 Å². The van der Waals surface area contributed by atoms with E-state index in [-0.39, 0.29) is 17.9 Å². The molecule has 92 valence electrons. The summed E-state index contributed by atoms with van der Waals surface area (Å²) in [5.74, 6) is 0.510. The number of rotatable bonds is 1. The minimum atomic E-state index is -0.483. The lowest BCUT2D eigenvalue weighted by Gasteiger charge is -2.21. The Bertz CT molecular complexity index is 442. The van der Waals surface area contributed by atoms with Crippen LogP contribution >= 0.6 is 0 Å². The summed E-state index contributed by atoms with van der Waals surface area (Å²) in [7, 11) is 0. The van der Waals surface area contributed by atoms with Gasteiger partial charge >= 0.3 is 0 Å². The summed E-state index contributed by atoms with van der Waals surface area (Å²) in [6.07, 6.45) is -0.253. The highest BCUT2D eigenvalue weighted by Gasteiger charge is 2.25. The molecule has 1 aromatic rings. The van der Waals surface area contributed by atoms with Gasteiger partial charge in [0.2, 0.25) is 0 Å². The molecule has 2 rings (SSSR count). The van der Waals surface area contributed by atoms with Crippen LogP contribution in [0.5, 0.6) is 5.75 Å². The van der Waals surface area contributed by atoms with Gasteiger partial charge in [-0.15, -0.1) is 0 Å². The van der Waals surface area contributed by atoms with Gasteiger partial charge in [0.25, 0.3) is 5.69 Å². The zero-order chi connectivity index (χ0) is 13.0. The largest absolute Gasteiger partial charge is 0.483 e. The Balaban J connectivity index is 0.000000686. The lowest BCUT2D eigenvalue weighted by molar-refractivity contribution is -0.384. The van der Waals surface area contributed by atoms with E-state index in [4.69, 9.17) is 4.74 Å². The molecule has 0 radical (unpaired) electrons. The SMILES string of the molecule is CC.CC1Oc2ccc([N+](=O)[O-])cc2CC1=O. The quantitative estimate of drug-likeness (QED) is 0.556.